The second-order valence-electron chi connectivity index (χ2n) is 20.7. The second-order valence-corrected chi connectivity index (χ2v) is 22.4. The Labute approximate surface area is 401 Å². The van der Waals surface area contributed by atoms with Crippen LogP contribution in [0, 0.1) is 27.3 Å². The zero-order chi connectivity index (χ0) is 48.4. The third kappa shape index (κ3) is 9.35. The number of nitrogens with zero attached hydrogens (tertiary/aromatic N) is 5. The molecule has 3 aromatic carbocycles. The standard InChI is InChI=1S/C51H61FN8O8S/c1-31(2)37-7-5-6-8-38(37)44-29-57(4)19-20-59(44)34-25-51(26-34)15-17-58(18-16-51)33-9-10-39(45(21-33)68-35-22-40-41(52)28-54-48(40)53-27-35)49(61)56-69(65,66)36-23-43(60(63)64)47-46(24-36)67-30-42(55-47)32-11-13-50(3,62)14-12-32/h5-10,21-24,27-28,31-32,34,42,44,55,62H,11-20,25-26,29-30H2,1-4H3,(H,53,54)(H,56,61)/t32-,42-,44+,50-/m1/s1. The highest BCUT2D eigenvalue weighted by molar-refractivity contribution is 7.90. The summed E-state index contributed by atoms with van der Waals surface area (Å²) < 4.78 is 57.0. The first-order chi connectivity index (χ1) is 32.9. The largest absolute Gasteiger partial charge is 0.489 e. The number of H-pyrrole nitrogens is 1. The number of hydrogen-bond donors (Lipinski definition) is 4. The number of piperidine rings is 1. The summed E-state index contributed by atoms with van der Waals surface area (Å²) in [6, 6.07) is 18.0. The number of amides is 1. The summed E-state index contributed by atoms with van der Waals surface area (Å²) in [4.78, 5) is 39.8. The molecule has 3 aliphatic heterocycles. The zero-order valence-electron chi connectivity index (χ0n) is 39.5. The van der Waals surface area contributed by atoms with Crippen LogP contribution in [-0.2, 0) is 10.0 Å². The first-order valence-corrected chi connectivity index (χ1v) is 25.7. The fourth-order valence-corrected chi connectivity index (χ4v) is 12.6. The van der Waals surface area contributed by atoms with Crippen LogP contribution in [0.4, 0.5) is 21.5 Å². The van der Waals surface area contributed by atoms with Crippen LogP contribution in [-0.4, -0.2) is 108 Å². The molecule has 0 radical (unpaired) electrons. The Morgan fingerprint density at radius 3 is 2.54 bits per heavy atom. The van der Waals surface area contributed by atoms with Gasteiger partial charge in [-0.2, -0.15) is 0 Å². The van der Waals surface area contributed by atoms with Crippen LogP contribution in [0.15, 0.2) is 78.0 Å². The number of aliphatic hydroxyl groups is 1. The number of ether oxygens (including phenoxy) is 2. The van der Waals surface area contributed by atoms with Gasteiger partial charge < -0.3 is 34.7 Å². The zero-order valence-corrected chi connectivity index (χ0v) is 40.4. The third-order valence-electron chi connectivity index (χ3n) is 15.7. The Morgan fingerprint density at radius 2 is 1.80 bits per heavy atom. The van der Waals surface area contributed by atoms with Crippen molar-refractivity contribution in [2.24, 2.45) is 11.3 Å². The lowest BCUT2D eigenvalue weighted by molar-refractivity contribution is -0.384. The quantitative estimate of drug-likeness (QED) is 0.0728. The van der Waals surface area contributed by atoms with E-state index < -0.39 is 42.9 Å². The number of halogens is 1. The van der Waals surface area contributed by atoms with Gasteiger partial charge in [-0.3, -0.25) is 19.8 Å². The number of nitro benzene ring substituents is 1. The number of carbonyl (C=O) groups excluding carboxylic acids is 1. The van der Waals surface area contributed by atoms with Crippen molar-refractivity contribution in [2.75, 3.05) is 56.6 Å². The number of nitrogens with one attached hydrogen (secondary N) is 3. The number of rotatable bonds is 11. The molecule has 1 amide bonds. The van der Waals surface area contributed by atoms with Crippen LogP contribution < -0.4 is 24.4 Å². The number of nitro groups is 1. The molecule has 16 nitrogen and oxygen atoms in total. The lowest BCUT2D eigenvalue weighted by atomic mass is 9.59. The highest BCUT2D eigenvalue weighted by atomic mass is 32.2. The minimum Gasteiger partial charge on any atom is -0.489 e. The molecule has 2 saturated heterocycles. The summed E-state index contributed by atoms with van der Waals surface area (Å²) in [6.07, 6.45) is 9.39. The number of piperazine rings is 1. The molecule has 5 aromatic rings. The van der Waals surface area contributed by atoms with Crippen LogP contribution >= 0.6 is 0 Å². The van der Waals surface area contributed by atoms with E-state index in [2.05, 4.69) is 79.9 Å². The minimum atomic E-state index is -4.72. The van der Waals surface area contributed by atoms with Gasteiger partial charge in [0.25, 0.3) is 21.6 Å². The number of sulfonamides is 1. The maximum atomic E-state index is 14.7. The SMILES string of the molecule is CC(C)c1ccccc1[C@@H]1CN(C)CCN1C1CC2(CCN(c3ccc(C(=O)NS(=O)(=O)c4cc5c(c([N+](=O)[O-])c4)N[C@@H]([C@H]4CC[C@](C)(O)CC4)CO5)c(Oc4cnc5[nH]cc(F)c5c4)c3)CC2)C1. The predicted octanol–water partition coefficient (Wildman–Crippen LogP) is 8.50. The molecule has 366 valence electrons. The number of aromatic amines is 1. The van der Waals surface area contributed by atoms with Crippen molar-refractivity contribution in [3.8, 4) is 17.2 Å². The summed E-state index contributed by atoms with van der Waals surface area (Å²) in [5, 5.41) is 26.3. The normalized spacial score (nSPS) is 24.3. The number of pyridine rings is 1. The van der Waals surface area contributed by atoms with Crippen molar-refractivity contribution in [2.45, 2.75) is 107 Å². The lowest BCUT2D eigenvalue weighted by Crippen LogP contribution is -2.59. The van der Waals surface area contributed by atoms with Crippen molar-refractivity contribution in [3.05, 3.63) is 106 Å². The van der Waals surface area contributed by atoms with Crippen molar-refractivity contribution in [3.63, 3.8) is 0 Å². The van der Waals surface area contributed by atoms with Crippen LogP contribution in [0.1, 0.15) is 106 Å². The van der Waals surface area contributed by atoms with E-state index in [-0.39, 0.29) is 57.9 Å². The summed E-state index contributed by atoms with van der Waals surface area (Å²) >= 11 is 0. The Balaban J connectivity index is 0.865. The molecule has 69 heavy (non-hydrogen) atoms. The molecular weight excluding hydrogens is 904 g/mol. The summed E-state index contributed by atoms with van der Waals surface area (Å²) in [5.41, 5.74) is 2.81. The van der Waals surface area contributed by atoms with E-state index in [1.165, 1.54) is 41.7 Å². The van der Waals surface area contributed by atoms with Gasteiger partial charge in [0.15, 0.2) is 11.4 Å². The first kappa shape index (κ1) is 46.9. The van der Waals surface area contributed by atoms with Crippen molar-refractivity contribution < 1.29 is 37.1 Å². The van der Waals surface area contributed by atoms with Crippen LogP contribution in [0.2, 0.25) is 0 Å². The fourth-order valence-electron chi connectivity index (χ4n) is 11.6. The van der Waals surface area contributed by atoms with Gasteiger partial charge >= 0.3 is 0 Å². The summed E-state index contributed by atoms with van der Waals surface area (Å²) in [7, 11) is -2.50. The van der Waals surface area contributed by atoms with E-state index >= 15 is 0 Å². The summed E-state index contributed by atoms with van der Waals surface area (Å²) in [5.74, 6) is -0.935. The average Bonchev–Trinajstić information content (AvgIpc) is 3.69. The first-order valence-electron chi connectivity index (χ1n) is 24.2. The maximum absolute atomic E-state index is 14.7. The van der Waals surface area contributed by atoms with Crippen LogP contribution in [0.5, 0.6) is 17.2 Å². The molecule has 10 rings (SSSR count). The van der Waals surface area contributed by atoms with Gasteiger partial charge in [0.05, 0.1) is 38.6 Å². The number of hydrogen-bond acceptors (Lipinski definition) is 13. The minimum absolute atomic E-state index is 0.0169. The summed E-state index contributed by atoms with van der Waals surface area (Å²) in [6.45, 7) is 11.1. The van der Waals surface area contributed by atoms with Crippen molar-refractivity contribution >= 4 is 44.0 Å². The highest BCUT2D eigenvalue weighted by Gasteiger charge is 2.50. The Hall–Kier alpha value is -5.82. The maximum Gasteiger partial charge on any atom is 0.297 e. The Bertz CT molecular complexity index is 2880. The number of anilines is 2. The molecule has 5 aliphatic rings. The molecule has 18 heteroatoms. The molecule has 2 atom stereocenters. The lowest BCUT2D eigenvalue weighted by Gasteiger charge is -2.58. The van der Waals surface area contributed by atoms with Crippen molar-refractivity contribution in [1.82, 2.24) is 24.5 Å². The number of fused-ring (bicyclic) bond motifs is 2. The second kappa shape index (κ2) is 18.2. The van der Waals surface area contributed by atoms with Gasteiger partial charge in [0.1, 0.15) is 29.6 Å². The van der Waals surface area contributed by atoms with Gasteiger partial charge in [0.2, 0.25) is 0 Å². The molecule has 0 unspecified atom stereocenters. The van der Waals surface area contributed by atoms with Gasteiger partial charge in [-0.15, -0.1) is 0 Å². The van der Waals surface area contributed by atoms with Gasteiger partial charge in [-0.05, 0) is 112 Å². The van der Waals surface area contributed by atoms with Gasteiger partial charge in [-0.1, -0.05) is 38.1 Å². The van der Waals surface area contributed by atoms with Gasteiger partial charge in [0, 0.05) is 74.9 Å². The molecule has 2 aromatic heterocycles. The van der Waals surface area contributed by atoms with E-state index in [0.717, 1.165) is 70.2 Å². The highest BCUT2D eigenvalue weighted by Crippen LogP contribution is 2.53. The predicted molar refractivity (Wildman–Crippen MR) is 260 cm³/mol. The molecule has 5 heterocycles. The number of aromatic nitrogens is 2. The third-order valence-corrected chi connectivity index (χ3v) is 17.0. The molecule has 2 saturated carbocycles. The Morgan fingerprint density at radius 1 is 1.04 bits per heavy atom. The topological polar surface area (TPSA) is 195 Å². The number of carbonyl (C=O) groups is 1. The van der Waals surface area contributed by atoms with E-state index in [4.69, 9.17) is 9.47 Å². The molecule has 1 spiro atoms. The average molecular weight is 965 g/mol. The van der Waals surface area contributed by atoms with Crippen LogP contribution in [0.3, 0.4) is 0 Å². The van der Waals surface area contributed by atoms with E-state index in [9.17, 15) is 32.8 Å². The fraction of sp³-hybridized carbons (Fsp3) is 0.490. The van der Waals surface area contributed by atoms with E-state index in [1.54, 1.807) is 19.1 Å². The smallest absolute Gasteiger partial charge is 0.297 e. The molecule has 2 aliphatic carbocycles. The van der Waals surface area contributed by atoms with Crippen LogP contribution in [0.25, 0.3) is 11.0 Å². The van der Waals surface area contributed by atoms with E-state index in [1.807, 2.05) is 0 Å². The molecule has 4 N–H and O–H groups in total. The van der Waals surface area contributed by atoms with Gasteiger partial charge in [-0.25, -0.2) is 22.5 Å². The molecule has 4 fully saturated rings. The molecule has 0 bridgehead atoms. The number of benzene rings is 3. The monoisotopic (exact) mass is 964 g/mol. The van der Waals surface area contributed by atoms with Crippen molar-refractivity contribution in [1.29, 1.82) is 0 Å². The van der Waals surface area contributed by atoms with E-state index in [0.29, 0.717) is 49.3 Å². The molecular formula is C51H61FN8O8S. The number of likely N-dealkylation sites (N-methyl/N-ethyl adjacent to an activating group) is 1. The Kier molecular flexibility index (Phi) is 12.3.